The minimum absolute atomic E-state index is 0.0798. The lowest BCUT2D eigenvalue weighted by Crippen LogP contribution is -2.24. The van der Waals surface area contributed by atoms with Gasteiger partial charge in [-0.3, -0.25) is 10.1 Å². The number of hydrogen-bond donors (Lipinski definition) is 2. The van der Waals surface area contributed by atoms with Gasteiger partial charge in [-0.2, -0.15) is 0 Å². The van der Waals surface area contributed by atoms with Crippen LogP contribution in [0.2, 0.25) is 0 Å². The minimum atomic E-state index is -0.468. The average Bonchev–Trinajstić information content (AvgIpc) is 2.66. The van der Waals surface area contributed by atoms with E-state index < -0.39 is 4.92 Å². The molecule has 0 aliphatic heterocycles. The number of fused-ring (bicyclic) bond motifs is 1. The van der Waals surface area contributed by atoms with Gasteiger partial charge in [0.25, 0.3) is 0 Å². The lowest BCUT2D eigenvalue weighted by atomic mass is 9.90. The minimum Gasteiger partial charge on any atom is -0.490 e. The van der Waals surface area contributed by atoms with E-state index in [1.807, 2.05) is 12.1 Å². The molecule has 2 aromatic carbocycles. The Bertz CT molecular complexity index is 849. The molecule has 0 fully saturated rings. The first kappa shape index (κ1) is 17.7. The number of ether oxygens (including phenoxy) is 1. The first-order valence-corrected chi connectivity index (χ1v) is 8.57. The van der Waals surface area contributed by atoms with Crippen LogP contribution in [0.5, 0.6) is 5.75 Å². The fourth-order valence-electron chi connectivity index (χ4n) is 3.23. The van der Waals surface area contributed by atoms with Crippen LogP contribution in [-0.4, -0.2) is 18.0 Å². The van der Waals surface area contributed by atoms with E-state index in [4.69, 9.17) is 10.5 Å². The number of benzene rings is 2. The van der Waals surface area contributed by atoms with Crippen LogP contribution in [0.25, 0.3) is 0 Å². The predicted octanol–water partition coefficient (Wildman–Crippen LogP) is 3.41. The van der Waals surface area contributed by atoms with Gasteiger partial charge < -0.3 is 15.8 Å². The van der Waals surface area contributed by atoms with Crippen LogP contribution in [0.1, 0.15) is 29.5 Å². The summed E-state index contributed by atoms with van der Waals surface area (Å²) >= 11 is 0. The van der Waals surface area contributed by atoms with E-state index in [2.05, 4.69) is 16.4 Å². The molecule has 0 spiro atoms. The van der Waals surface area contributed by atoms with Crippen LogP contribution < -0.4 is 15.8 Å². The fraction of sp³-hybridized carbons (Fsp3) is 0.316. The number of rotatable bonds is 5. The van der Waals surface area contributed by atoms with Crippen molar-refractivity contribution in [3.05, 3.63) is 63.2 Å². The van der Waals surface area contributed by atoms with Gasteiger partial charge in [0.05, 0.1) is 18.6 Å². The Morgan fingerprint density at radius 3 is 2.88 bits per heavy atom. The first-order chi connectivity index (χ1) is 12.6. The van der Waals surface area contributed by atoms with Crippen LogP contribution >= 0.6 is 0 Å². The summed E-state index contributed by atoms with van der Waals surface area (Å²) in [6.45, 7) is 0.249. The summed E-state index contributed by atoms with van der Waals surface area (Å²) in [5.41, 5.74) is 10.3. The molecule has 0 saturated carbocycles. The van der Waals surface area contributed by atoms with Crippen molar-refractivity contribution in [2.45, 2.75) is 32.2 Å². The van der Waals surface area contributed by atoms with Gasteiger partial charge in [0.15, 0.2) is 11.7 Å². The molecule has 2 aromatic rings. The Kier molecular flexibility index (Phi) is 5.36. The second-order valence-electron chi connectivity index (χ2n) is 6.24. The van der Waals surface area contributed by atoms with Crippen LogP contribution in [0.15, 0.2) is 41.4 Å². The van der Waals surface area contributed by atoms with Crippen LogP contribution in [0.3, 0.4) is 0 Å². The SMILES string of the molecule is COc1ccc(CN=C(N)Nc2cccc3c2CCCC3)cc1[N+](=O)[O-]. The largest absolute Gasteiger partial charge is 0.490 e. The van der Waals surface area contributed by atoms with E-state index in [0.717, 1.165) is 18.5 Å². The normalized spacial score (nSPS) is 13.8. The molecular formula is C19H22N4O3. The predicted molar refractivity (Wildman–Crippen MR) is 102 cm³/mol. The molecule has 0 radical (unpaired) electrons. The number of nitrogens with two attached hydrogens (primary N) is 1. The van der Waals surface area contributed by atoms with Crippen molar-refractivity contribution >= 4 is 17.3 Å². The third-order valence-corrected chi connectivity index (χ3v) is 4.53. The van der Waals surface area contributed by atoms with E-state index in [-0.39, 0.29) is 18.0 Å². The molecular weight excluding hydrogens is 332 g/mol. The Morgan fingerprint density at radius 2 is 2.12 bits per heavy atom. The van der Waals surface area contributed by atoms with E-state index in [9.17, 15) is 10.1 Å². The zero-order chi connectivity index (χ0) is 18.5. The molecule has 0 atom stereocenters. The van der Waals surface area contributed by atoms with Crippen LogP contribution in [0, 0.1) is 10.1 Å². The molecule has 7 nitrogen and oxygen atoms in total. The highest BCUT2D eigenvalue weighted by Crippen LogP contribution is 2.29. The number of aryl methyl sites for hydroxylation is 1. The zero-order valence-electron chi connectivity index (χ0n) is 14.7. The lowest BCUT2D eigenvalue weighted by Gasteiger charge is -2.19. The maximum atomic E-state index is 11.1. The maximum absolute atomic E-state index is 11.1. The molecule has 3 rings (SSSR count). The number of aliphatic imine (C=N–C) groups is 1. The molecule has 26 heavy (non-hydrogen) atoms. The van der Waals surface area contributed by atoms with Crippen molar-refractivity contribution in [2.24, 2.45) is 10.7 Å². The van der Waals surface area contributed by atoms with E-state index in [1.54, 1.807) is 12.1 Å². The second-order valence-corrected chi connectivity index (χ2v) is 6.24. The average molecular weight is 354 g/mol. The number of hydrogen-bond acceptors (Lipinski definition) is 4. The second kappa shape index (κ2) is 7.86. The first-order valence-electron chi connectivity index (χ1n) is 8.57. The third kappa shape index (κ3) is 3.93. The molecule has 7 heteroatoms. The molecule has 136 valence electrons. The van der Waals surface area contributed by atoms with Crippen molar-refractivity contribution in [3.8, 4) is 5.75 Å². The smallest absolute Gasteiger partial charge is 0.311 e. The van der Waals surface area contributed by atoms with Crippen LogP contribution in [0.4, 0.5) is 11.4 Å². The van der Waals surface area contributed by atoms with Gasteiger partial charge >= 0.3 is 5.69 Å². The summed E-state index contributed by atoms with van der Waals surface area (Å²) in [4.78, 5) is 14.9. The van der Waals surface area contributed by atoms with E-state index in [1.165, 1.54) is 37.1 Å². The van der Waals surface area contributed by atoms with Gasteiger partial charge in [-0.05, 0) is 54.5 Å². The summed E-state index contributed by atoms with van der Waals surface area (Å²) in [5.74, 6) is 0.521. The number of nitrogens with zero attached hydrogens (tertiary/aromatic N) is 2. The van der Waals surface area contributed by atoms with Crippen molar-refractivity contribution in [1.82, 2.24) is 0 Å². The number of nitrogens with one attached hydrogen (secondary N) is 1. The highest BCUT2D eigenvalue weighted by molar-refractivity contribution is 5.93. The lowest BCUT2D eigenvalue weighted by molar-refractivity contribution is -0.385. The summed E-state index contributed by atoms with van der Waals surface area (Å²) in [6.07, 6.45) is 4.53. The Hall–Kier alpha value is -3.09. The summed E-state index contributed by atoms with van der Waals surface area (Å²) in [6, 6.07) is 11.0. The van der Waals surface area contributed by atoms with Crippen LogP contribution in [-0.2, 0) is 19.4 Å². The maximum Gasteiger partial charge on any atom is 0.311 e. The van der Waals surface area contributed by atoms with Gasteiger partial charge in [0.1, 0.15) is 0 Å². The highest BCUT2D eigenvalue weighted by atomic mass is 16.6. The quantitative estimate of drug-likeness (QED) is 0.371. The summed E-state index contributed by atoms with van der Waals surface area (Å²) in [5, 5.41) is 14.3. The van der Waals surface area contributed by atoms with Crippen molar-refractivity contribution in [1.29, 1.82) is 0 Å². The Balaban J connectivity index is 1.73. The monoisotopic (exact) mass is 354 g/mol. The van der Waals surface area contributed by atoms with E-state index in [0.29, 0.717) is 11.5 Å². The molecule has 1 aliphatic carbocycles. The summed E-state index contributed by atoms with van der Waals surface area (Å²) < 4.78 is 5.00. The van der Waals surface area contributed by atoms with Gasteiger partial charge in [0, 0.05) is 11.8 Å². The van der Waals surface area contributed by atoms with Crippen molar-refractivity contribution < 1.29 is 9.66 Å². The number of nitro benzene ring substituents is 1. The van der Waals surface area contributed by atoms with Crippen molar-refractivity contribution in [2.75, 3.05) is 12.4 Å². The van der Waals surface area contributed by atoms with Gasteiger partial charge in [-0.15, -0.1) is 0 Å². The Labute approximate surface area is 152 Å². The molecule has 0 aromatic heterocycles. The van der Waals surface area contributed by atoms with Gasteiger partial charge in [-0.25, -0.2) is 4.99 Å². The fourth-order valence-corrected chi connectivity index (χ4v) is 3.23. The summed E-state index contributed by atoms with van der Waals surface area (Å²) in [7, 11) is 1.41. The zero-order valence-corrected chi connectivity index (χ0v) is 14.7. The Morgan fingerprint density at radius 1 is 1.31 bits per heavy atom. The number of methoxy groups -OCH3 is 1. The molecule has 0 heterocycles. The van der Waals surface area contributed by atoms with Gasteiger partial charge in [-0.1, -0.05) is 18.2 Å². The standard InChI is InChI=1S/C19H22N4O3/c1-26-18-10-9-13(11-17(18)23(24)25)12-21-19(20)22-16-8-4-6-14-5-2-3-7-15(14)16/h4,6,8-11H,2-3,5,7,12H2,1H3,(H3,20,21,22). The molecule has 3 N–H and O–H groups in total. The van der Waals surface area contributed by atoms with E-state index >= 15 is 0 Å². The topological polar surface area (TPSA) is 103 Å². The molecule has 0 bridgehead atoms. The molecule has 0 saturated heterocycles. The van der Waals surface area contributed by atoms with Crippen molar-refractivity contribution in [3.63, 3.8) is 0 Å². The molecule has 0 amide bonds. The number of guanidine groups is 1. The highest BCUT2D eigenvalue weighted by Gasteiger charge is 2.15. The number of anilines is 1. The third-order valence-electron chi connectivity index (χ3n) is 4.53. The number of nitro groups is 1. The van der Waals surface area contributed by atoms with Gasteiger partial charge in [0.2, 0.25) is 0 Å². The molecule has 1 aliphatic rings. The molecule has 0 unspecified atom stereocenters.